The van der Waals surface area contributed by atoms with E-state index in [1.54, 1.807) is 29.2 Å². The molecule has 0 N–H and O–H groups in total. The zero-order valence-electron chi connectivity index (χ0n) is 14.6. The Morgan fingerprint density at radius 3 is 2.78 bits per heavy atom. The highest BCUT2D eigenvalue weighted by Gasteiger charge is 2.29. The van der Waals surface area contributed by atoms with E-state index in [0.717, 1.165) is 18.5 Å². The molecule has 2 heterocycles. The van der Waals surface area contributed by atoms with Gasteiger partial charge in [-0.15, -0.1) is 0 Å². The van der Waals surface area contributed by atoms with Crippen LogP contribution in [-0.2, 0) is 4.79 Å². The number of likely N-dealkylation sites (tertiary alicyclic amines) is 1. The molecule has 1 aliphatic heterocycles. The first-order chi connectivity index (χ1) is 13.1. The van der Waals surface area contributed by atoms with Crippen molar-refractivity contribution in [3.05, 3.63) is 59.8 Å². The van der Waals surface area contributed by atoms with Crippen molar-refractivity contribution in [2.75, 3.05) is 6.54 Å². The average molecular weight is 371 g/mol. The summed E-state index contributed by atoms with van der Waals surface area (Å²) < 4.78 is 31.6. The van der Waals surface area contributed by atoms with E-state index in [9.17, 15) is 13.6 Å². The Labute approximate surface area is 155 Å². The normalized spacial score (nSPS) is 23.3. The van der Waals surface area contributed by atoms with Gasteiger partial charge in [-0.05, 0) is 49.3 Å². The topological polar surface area (TPSA) is 59.2 Å². The van der Waals surface area contributed by atoms with Gasteiger partial charge in [0.25, 0.3) is 5.89 Å². The lowest BCUT2D eigenvalue weighted by molar-refractivity contribution is -0.128. The molecule has 27 heavy (non-hydrogen) atoms. The molecule has 0 saturated carbocycles. The molecule has 2 unspecified atom stereocenters. The molecular weight excluding hydrogens is 352 g/mol. The van der Waals surface area contributed by atoms with E-state index in [1.165, 1.54) is 18.2 Å². The van der Waals surface area contributed by atoms with Gasteiger partial charge in [-0.3, -0.25) is 4.79 Å². The number of alkyl halides is 1. The maximum absolute atomic E-state index is 13.3. The summed E-state index contributed by atoms with van der Waals surface area (Å²) in [6.45, 7) is 0.588. The summed E-state index contributed by atoms with van der Waals surface area (Å²) in [6.07, 6.45) is 6.07. The Hall–Kier alpha value is -2.83. The van der Waals surface area contributed by atoms with Crippen LogP contribution in [-0.4, -0.2) is 33.7 Å². The summed E-state index contributed by atoms with van der Waals surface area (Å²) in [5, 5.41) is 4.03. The molecule has 0 spiro atoms. The number of rotatable bonds is 3. The van der Waals surface area contributed by atoms with Gasteiger partial charge in [-0.25, -0.2) is 8.78 Å². The number of halogens is 2. The van der Waals surface area contributed by atoms with Crippen molar-refractivity contribution in [2.45, 2.75) is 37.8 Å². The second-order valence-corrected chi connectivity index (χ2v) is 6.79. The minimum absolute atomic E-state index is 0.0289. The minimum atomic E-state index is -0.979. The first kappa shape index (κ1) is 17.6. The van der Waals surface area contributed by atoms with Gasteiger partial charge < -0.3 is 9.42 Å². The van der Waals surface area contributed by atoms with Gasteiger partial charge in [0.15, 0.2) is 5.82 Å². The van der Waals surface area contributed by atoms with Gasteiger partial charge in [-0.2, -0.15) is 4.98 Å². The molecule has 1 amide bonds. The number of nitrogens with zero attached hydrogens (tertiary/aromatic N) is 3. The van der Waals surface area contributed by atoms with Gasteiger partial charge >= 0.3 is 0 Å². The number of carbonyl (C=O) groups is 1. The predicted molar refractivity (Wildman–Crippen MR) is 94.7 cm³/mol. The van der Waals surface area contributed by atoms with Gasteiger partial charge in [-0.1, -0.05) is 11.2 Å². The van der Waals surface area contributed by atoms with Crippen molar-refractivity contribution >= 4 is 5.91 Å². The third-order valence-electron chi connectivity index (χ3n) is 4.89. The standard InChI is InChI=1S/C20H19F2N3O2/c21-15-5-3-13(4-6-15)20-23-19(24-27-20)14-2-1-11-25(18(26)12-14)17-9-7-16(22)8-10-17/h3-7,9-10,14,16H,1-2,8,11-12H2. The summed E-state index contributed by atoms with van der Waals surface area (Å²) >= 11 is 0. The molecule has 1 saturated heterocycles. The molecule has 1 aromatic heterocycles. The maximum atomic E-state index is 13.3. The van der Waals surface area contributed by atoms with Crippen LogP contribution in [0.25, 0.3) is 11.5 Å². The van der Waals surface area contributed by atoms with E-state index in [-0.39, 0.29) is 24.1 Å². The summed E-state index contributed by atoms with van der Waals surface area (Å²) in [5.41, 5.74) is 1.39. The number of allylic oxidation sites excluding steroid dienone is 3. The number of hydrogen-bond acceptors (Lipinski definition) is 4. The molecule has 140 valence electrons. The van der Waals surface area contributed by atoms with E-state index in [0.29, 0.717) is 30.2 Å². The van der Waals surface area contributed by atoms with Crippen LogP contribution in [0.1, 0.15) is 37.4 Å². The average Bonchev–Trinajstić information content (AvgIpc) is 3.08. The summed E-state index contributed by atoms with van der Waals surface area (Å²) in [4.78, 5) is 18.8. The van der Waals surface area contributed by atoms with Crippen LogP contribution in [0.2, 0.25) is 0 Å². The molecule has 0 bridgehead atoms. The number of hydrogen-bond donors (Lipinski definition) is 0. The quantitative estimate of drug-likeness (QED) is 0.813. The first-order valence-electron chi connectivity index (χ1n) is 9.02. The van der Waals surface area contributed by atoms with Gasteiger partial charge in [0, 0.05) is 36.6 Å². The van der Waals surface area contributed by atoms with Crippen molar-refractivity contribution in [1.29, 1.82) is 0 Å². The second kappa shape index (κ2) is 7.42. The Morgan fingerprint density at radius 1 is 1.22 bits per heavy atom. The Balaban J connectivity index is 1.49. The second-order valence-electron chi connectivity index (χ2n) is 6.79. The highest BCUT2D eigenvalue weighted by atomic mass is 19.1. The minimum Gasteiger partial charge on any atom is -0.334 e. The van der Waals surface area contributed by atoms with E-state index in [4.69, 9.17) is 4.52 Å². The molecule has 2 aliphatic rings. The van der Waals surface area contributed by atoms with Crippen molar-refractivity contribution < 1.29 is 18.1 Å². The van der Waals surface area contributed by atoms with Crippen LogP contribution >= 0.6 is 0 Å². The molecule has 4 rings (SSSR count). The van der Waals surface area contributed by atoms with Crippen molar-refractivity contribution in [3.63, 3.8) is 0 Å². The Morgan fingerprint density at radius 2 is 2.04 bits per heavy atom. The zero-order chi connectivity index (χ0) is 18.8. The summed E-state index contributed by atoms with van der Waals surface area (Å²) in [5.74, 6) is 0.298. The number of amides is 1. The van der Waals surface area contributed by atoms with Crippen LogP contribution < -0.4 is 0 Å². The van der Waals surface area contributed by atoms with Crippen molar-refractivity contribution in [3.8, 4) is 11.5 Å². The van der Waals surface area contributed by atoms with Crippen molar-refractivity contribution in [2.24, 2.45) is 0 Å². The van der Waals surface area contributed by atoms with E-state index in [2.05, 4.69) is 10.1 Å². The molecular formula is C20H19F2N3O2. The third-order valence-corrected chi connectivity index (χ3v) is 4.89. The third kappa shape index (κ3) is 3.82. The van der Waals surface area contributed by atoms with Crippen LogP contribution in [0, 0.1) is 5.82 Å². The molecule has 7 heteroatoms. The maximum Gasteiger partial charge on any atom is 0.257 e. The molecule has 0 radical (unpaired) electrons. The molecule has 1 aromatic carbocycles. The van der Waals surface area contributed by atoms with Gasteiger partial charge in [0.2, 0.25) is 5.91 Å². The van der Waals surface area contributed by atoms with Crippen LogP contribution in [0.15, 0.2) is 52.7 Å². The molecule has 2 aromatic rings. The predicted octanol–water partition coefficient (Wildman–Crippen LogP) is 4.15. The summed E-state index contributed by atoms with van der Waals surface area (Å²) in [7, 11) is 0. The van der Waals surface area contributed by atoms with Crippen molar-refractivity contribution in [1.82, 2.24) is 15.0 Å². The Kier molecular flexibility index (Phi) is 4.83. The van der Waals surface area contributed by atoms with Crippen LogP contribution in [0.5, 0.6) is 0 Å². The van der Waals surface area contributed by atoms with E-state index in [1.807, 2.05) is 0 Å². The van der Waals surface area contributed by atoms with Crippen LogP contribution in [0.4, 0.5) is 8.78 Å². The van der Waals surface area contributed by atoms with E-state index < -0.39 is 6.17 Å². The lowest BCUT2D eigenvalue weighted by Gasteiger charge is -2.24. The number of aromatic nitrogens is 2. The lowest BCUT2D eigenvalue weighted by atomic mass is 10.00. The molecule has 2 atom stereocenters. The highest BCUT2D eigenvalue weighted by molar-refractivity contribution is 5.79. The van der Waals surface area contributed by atoms with Gasteiger partial charge in [0.1, 0.15) is 12.0 Å². The largest absolute Gasteiger partial charge is 0.334 e. The van der Waals surface area contributed by atoms with E-state index >= 15 is 0 Å². The fourth-order valence-corrected chi connectivity index (χ4v) is 3.43. The Bertz CT molecular complexity index is 889. The highest BCUT2D eigenvalue weighted by Crippen LogP contribution is 2.31. The molecule has 1 fully saturated rings. The SMILES string of the molecule is O=C1CC(c2noc(-c3ccc(F)cc3)n2)CCCN1C1=CCC(F)C=C1. The zero-order valence-corrected chi connectivity index (χ0v) is 14.6. The molecule has 5 nitrogen and oxygen atoms in total. The van der Waals surface area contributed by atoms with Gasteiger partial charge in [0.05, 0.1) is 0 Å². The van der Waals surface area contributed by atoms with Crippen LogP contribution in [0.3, 0.4) is 0 Å². The lowest BCUT2D eigenvalue weighted by Crippen LogP contribution is -2.30. The first-order valence-corrected chi connectivity index (χ1v) is 9.02. The monoisotopic (exact) mass is 371 g/mol. The fraction of sp³-hybridized carbons (Fsp3) is 0.350. The number of benzene rings is 1. The fourth-order valence-electron chi connectivity index (χ4n) is 3.43. The number of carbonyl (C=O) groups excluding carboxylic acids is 1. The smallest absolute Gasteiger partial charge is 0.257 e. The molecule has 1 aliphatic carbocycles. The summed E-state index contributed by atoms with van der Waals surface area (Å²) in [6, 6.07) is 5.82.